The lowest BCUT2D eigenvalue weighted by Crippen LogP contribution is -2.31. The van der Waals surface area contributed by atoms with Crippen LogP contribution in [-0.2, 0) is 4.74 Å². The Bertz CT molecular complexity index is 211. The van der Waals surface area contributed by atoms with E-state index in [1.54, 1.807) is 11.0 Å². The standard InChI is InChI=1S/C9H13NO2/c1-3-5-6-10-8(4-2)7-12-9(10)11/h3-5,8H,2,6-7H2,1H3/b5-3+. The van der Waals surface area contributed by atoms with E-state index in [-0.39, 0.29) is 12.1 Å². The van der Waals surface area contributed by atoms with Gasteiger partial charge in [0.15, 0.2) is 0 Å². The number of ether oxygens (including phenoxy) is 1. The fourth-order valence-electron chi connectivity index (χ4n) is 1.09. The van der Waals surface area contributed by atoms with Gasteiger partial charge in [-0.25, -0.2) is 4.79 Å². The monoisotopic (exact) mass is 167 g/mol. The molecule has 0 bridgehead atoms. The van der Waals surface area contributed by atoms with Crippen LogP contribution in [0.5, 0.6) is 0 Å². The Balaban J connectivity index is 2.57. The molecule has 1 saturated heterocycles. The molecule has 12 heavy (non-hydrogen) atoms. The molecule has 1 amide bonds. The first-order chi connectivity index (χ1) is 5.79. The van der Waals surface area contributed by atoms with Crippen LogP contribution >= 0.6 is 0 Å². The quantitative estimate of drug-likeness (QED) is 0.597. The lowest BCUT2D eigenvalue weighted by molar-refractivity contribution is 0.160. The molecule has 1 atom stereocenters. The number of carbonyl (C=O) groups excluding carboxylic acids is 1. The molecule has 0 spiro atoms. The highest BCUT2D eigenvalue weighted by Crippen LogP contribution is 2.12. The number of hydrogen-bond donors (Lipinski definition) is 0. The molecule has 1 aliphatic heterocycles. The maximum absolute atomic E-state index is 11.1. The summed E-state index contributed by atoms with van der Waals surface area (Å²) in [5.74, 6) is 0. The Kier molecular flexibility index (Phi) is 2.91. The van der Waals surface area contributed by atoms with Gasteiger partial charge < -0.3 is 4.74 Å². The van der Waals surface area contributed by atoms with Gasteiger partial charge in [-0.3, -0.25) is 4.90 Å². The maximum atomic E-state index is 11.1. The van der Waals surface area contributed by atoms with E-state index in [2.05, 4.69) is 6.58 Å². The second-order valence-corrected chi connectivity index (χ2v) is 2.60. The summed E-state index contributed by atoms with van der Waals surface area (Å²) in [7, 11) is 0. The van der Waals surface area contributed by atoms with Crippen LogP contribution in [0.15, 0.2) is 24.8 Å². The molecular formula is C9H13NO2. The number of cyclic esters (lactones) is 1. The summed E-state index contributed by atoms with van der Waals surface area (Å²) in [5, 5.41) is 0. The van der Waals surface area contributed by atoms with Crippen LogP contribution in [0, 0.1) is 0 Å². The van der Waals surface area contributed by atoms with Gasteiger partial charge >= 0.3 is 6.09 Å². The minimum atomic E-state index is -0.252. The average Bonchev–Trinajstić information content (AvgIpc) is 2.43. The Labute approximate surface area is 72.3 Å². The number of allylic oxidation sites excluding steroid dienone is 1. The molecule has 0 aromatic carbocycles. The van der Waals surface area contributed by atoms with Gasteiger partial charge in [0, 0.05) is 6.54 Å². The van der Waals surface area contributed by atoms with Crippen molar-refractivity contribution in [3.8, 4) is 0 Å². The highest BCUT2D eigenvalue weighted by Gasteiger charge is 2.29. The Morgan fingerprint density at radius 1 is 1.83 bits per heavy atom. The van der Waals surface area contributed by atoms with Crippen LogP contribution in [0.4, 0.5) is 4.79 Å². The van der Waals surface area contributed by atoms with Gasteiger partial charge in [0.05, 0.1) is 6.04 Å². The van der Waals surface area contributed by atoms with E-state index in [9.17, 15) is 4.79 Å². The van der Waals surface area contributed by atoms with Crippen LogP contribution in [0.2, 0.25) is 0 Å². The highest BCUT2D eigenvalue weighted by atomic mass is 16.6. The van der Waals surface area contributed by atoms with Gasteiger partial charge in [-0.1, -0.05) is 18.2 Å². The number of rotatable bonds is 3. The number of amides is 1. The molecule has 1 rings (SSSR count). The van der Waals surface area contributed by atoms with E-state index >= 15 is 0 Å². The molecule has 3 heteroatoms. The summed E-state index contributed by atoms with van der Waals surface area (Å²) in [6, 6.07) is 0.0358. The van der Waals surface area contributed by atoms with E-state index in [1.165, 1.54) is 0 Å². The van der Waals surface area contributed by atoms with Crippen molar-refractivity contribution < 1.29 is 9.53 Å². The van der Waals surface area contributed by atoms with Crippen molar-refractivity contribution in [3.05, 3.63) is 24.8 Å². The first-order valence-corrected chi connectivity index (χ1v) is 3.96. The number of hydrogen-bond acceptors (Lipinski definition) is 2. The van der Waals surface area contributed by atoms with Gasteiger partial charge in [0.1, 0.15) is 6.61 Å². The second kappa shape index (κ2) is 3.95. The molecular weight excluding hydrogens is 154 g/mol. The Hall–Kier alpha value is -1.25. The van der Waals surface area contributed by atoms with Crippen molar-refractivity contribution >= 4 is 6.09 Å². The van der Waals surface area contributed by atoms with Crippen LogP contribution in [0.25, 0.3) is 0 Å². The highest BCUT2D eigenvalue weighted by molar-refractivity contribution is 5.70. The van der Waals surface area contributed by atoms with Crippen molar-refractivity contribution in [2.24, 2.45) is 0 Å². The van der Waals surface area contributed by atoms with Crippen LogP contribution in [0.1, 0.15) is 6.92 Å². The zero-order chi connectivity index (χ0) is 8.97. The van der Waals surface area contributed by atoms with E-state index in [1.807, 2.05) is 19.1 Å². The summed E-state index contributed by atoms with van der Waals surface area (Å²) in [4.78, 5) is 12.7. The van der Waals surface area contributed by atoms with Gasteiger partial charge in [-0.2, -0.15) is 0 Å². The SMILES string of the molecule is C=CC1COC(=O)N1C/C=C/C. The summed E-state index contributed by atoms with van der Waals surface area (Å²) in [5.41, 5.74) is 0. The first kappa shape index (κ1) is 8.84. The van der Waals surface area contributed by atoms with Crippen molar-refractivity contribution in [3.63, 3.8) is 0 Å². The van der Waals surface area contributed by atoms with Gasteiger partial charge in [0.2, 0.25) is 0 Å². The maximum Gasteiger partial charge on any atom is 0.410 e. The van der Waals surface area contributed by atoms with Crippen molar-refractivity contribution in [1.29, 1.82) is 0 Å². The Morgan fingerprint density at radius 3 is 3.17 bits per heavy atom. The van der Waals surface area contributed by atoms with Gasteiger partial charge in [0.25, 0.3) is 0 Å². The number of nitrogens with zero attached hydrogens (tertiary/aromatic N) is 1. The molecule has 1 unspecified atom stereocenters. The molecule has 1 heterocycles. The van der Waals surface area contributed by atoms with Crippen LogP contribution < -0.4 is 0 Å². The lowest BCUT2D eigenvalue weighted by Gasteiger charge is -2.15. The summed E-state index contributed by atoms with van der Waals surface area (Å²) < 4.78 is 4.85. The zero-order valence-electron chi connectivity index (χ0n) is 7.19. The van der Waals surface area contributed by atoms with Crippen molar-refractivity contribution in [2.75, 3.05) is 13.2 Å². The molecule has 0 aromatic heterocycles. The topological polar surface area (TPSA) is 29.5 Å². The number of carbonyl (C=O) groups is 1. The normalized spacial score (nSPS) is 23.2. The second-order valence-electron chi connectivity index (χ2n) is 2.60. The molecule has 0 radical (unpaired) electrons. The largest absolute Gasteiger partial charge is 0.447 e. The molecule has 1 aliphatic rings. The molecule has 66 valence electrons. The minimum absolute atomic E-state index is 0.0358. The average molecular weight is 167 g/mol. The fraction of sp³-hybridized carbons (Fsp3) is 0.444. The predicted octanol–water partition coefficient (Wildman–Crippen LogP) is 1.57. The predicted molar refractivity (Wildman–Crippen MR) is 46.9 cm³/mol. The molecule has 0 aromatic rings. The van der Waals surface area contributed by atoms with Crippen LogP contribution in [-0.4, -0.2) is 30.2 Å². The first-order valence-electron chi connectivity index (χ1n) is 3.96. The van der Waals surface area contributed by atoms with E-state index in [0.29, 0.717) is 13.2 Å². The van der Waals surface area contributed by atoms with E-state index < -0.39 is 0 Å². The van der Waals surface area contributed by atoms with Gasteiger partial charge in [-0.05, 0) is 6.92 Å². The summed E-state index contributed by atoms with van der Waals surface area (Å²) in [6.45, 7) is 6.59. The fourth-order valence-corrected chi connectivity index (χ4v) is 1.09. The van der Waals surface area contributed by atoms with Crippen LogP contribution in [0.3, 0.4) is 0 Å². The Morgan fingerprint density at radius 2 is 2.58 bits per heavy atom. The molecule has 0 N–H and O–H groups in total. The third kappa shape index (κ3) is 1.67. The molecule has 0 saturated carbocycles. The third-order valence-electron chi connectivity index (χ3n) is 1.82. The third-order valence-corrected chi connectivity index (χ3v) is 1.82. The zero-order valence-corrected chi connectivity index (χ0v) is 7.19. The van der Waals surface area contributed by atoms with Gasteiger partial charge in [-0.15, -0.1) is 6.58 Å². The molecule has 1 fully saturated rings. The molecule has 3 nitrogen and oxygen atoms in total. The summed E-state index contributed by atoms with van der Waals surface area (Å²) in [6.07, 6.45) is 5.31. The molecule has 0 aliphatic carbocycles. The van der Waals surface area contributed by atoms with Crippen molar-refractivity contribution in [1.82, 2.24) is 4.90 Å². The smallest absolute Gasteiger partial charge is 0.410 e. The van der Waals surface area contributed by atoms with Crippen molar-refractivity contribution in [2.45, 2.75) is 13.0 Å². The summed E-state index contributed by atoms with van der Waals surface area (Å²) >= 11 is 0. The van der Waals surface area contributed by atoms with E-state index in [4.69, 9.17) is 4.74 Å². The van der Waals surface area contributed by atoms with E-state index in [0.717, 1.165) is 0 Å². The lowest BCUT2D eigenvalue weighted by atomic mass is 10.3. The minimum Gasteiger partial charge on any atom is -0.447 e.